The van der Waals surface area contributed by atoms with Crippen molar-refractivity contribution in [1.29, 1.82) is 0 Å². The molecule has 9 heteroatoms. The van der Waals surface area contributed by atoms with E-state index in [4.69, 9.17) is 15.2 Å². The summed E-state index contributed by atoms with van der Waals surface area (Å²) in [6.07, 6.45) is 8.41. The second-order valence-electron chi connectivity index (χ2n) is 7.75. The molecule has 2 atom stereocenters. The molecule has 0 spiro atoms. The summed E-state index contributed by atoms with van der Waals surface area (Å²) in [5, 5.41) is 6.26. The monoisotopic (exact) mass is 509 g/mol. The van der Waals surface area contributed by atoms with Crippen LogP contribution in [0.2, 0.25) is 0 Å². The second kappa shape index (κ2) is 14.9. The summed E-state index contributed by atoms with van der Waals surface area (Å²) < 4.78 is 11.3. The van der Waals surface area contributed by atoms with Crippen molar-refractivity contribution in [3.8, 4) is 11.6 Å². The number of allylic oxidation sites excluding steroid dienone is 2. The number of carbonyl (C=O) groups is 1. The zero-order chi connectivity index (χ0) is 26.5. The van der Waals surface area contributed by atoms with Gasteiger partial charge < -0.3 is 20.1 Å². The van der Waals surface area contributed by atoms with Crippen LogP contribution in [0.15, 0.2) is 76.3 Å². The molecule has 0 radical (unpaired) electrons. The average molecular weight is 510 g/mol. The van der Waals surface area contributed by atoms with Gasteiger partial charge in [-0.3, -0.25) is 10.5 Å². The fraction of sp³-hybridized carbons (Fsp3) is 0.296. The van der Waals surface area contributed by atoms with Crippen LogP contribution in [0.3, 0.4) is 0 Å². The number of hydrogen-bond acceptors (Lipinski definition) is 9. The van der Waals surface area contributed by atoms with Crippen molar-refractivity contribution in [3.63, 3.8) is 0 Å². The number of hydrogen-bond donors (Lipinski definition) is 4. The molecule has 0 aliphatic carbocycles. The molecule has 0 amide bonds. The van der Waals surface area contributed by atoms with Crippen molar-refractivity contribution >= 4 is 30.5 Å². The molecule has 2 heterocycles. The Hall–Kier alpha value is -3.40. The zero-order valence-corrected chi connectivity index (χ0v) is 22.3. The quantitative estimate of drug-likeness (QED) is 0.238. The molecule has 0 saturated heterocycles. The van der Waals surface area contributed by atoms with Gasteiger partial charge in [-0.1, -0.05) is 37.3 Å². The lowest BCUT2D eigenvalue weighted by Crippen LogP contribution is -2.41. The minimum absolute atomic E-state index is 0.392. The van der Waals surface area contributed by atoms with E-state index in [0.717, 1.165) is 28.0 Å². The van der Waals surface area contributed by atoms with Crippen LogP contribution in [-0.2, 0) is 0 Å². The number of rotatable bonds is 8. The van der Waals surface area contributed by atoms with Crippen LogP contribution in [0.5, 0.6) is 11.6 Å². The molecule has 1 aromatic carbocycles. The first kappa shape index (κ1) is 28.8. The van der Waals surface area contributed by atoms with E-state index in [0.29, 0.717) is 35.6 Å². The van der Waals surface area contributed by atoms with Gasteiger partial charge in [-0.05, 0) is 51.6 Å². The Labute approximate surface area is 218 Å². The number of aliphatic imine (C=N–C) groups is 1. The van der Waals surface area contributed by atoms with E-state index < -0.39 is 6.29 Å². The zero-order valence-electron chi connectivity index (χ0n) is 21.4. The molecule has 3 rings (SSSR count). The molecular formula is C27H35N5O3S. The van der Waals surface area contributed by atoms with Gasteiger partial charge in [0.15, 0.2) is 6.29 Å². The van der Waals surface area contributed by atoms with Crippen molar-refractivity contribution in [3.05, 3.63) is 82.4 Å². The van der Waals surface area contributed by atoms with Crippen LogP contribution in [-0.4, -0.2) is 43.7 Å². The number of nitrogens with zero attached hydrogens (tertiary/aromatic N) is 2. The Morgan fingerprint density at radius 1 is 1.33 bits per heavy atom. The molecule has 8 nitrogen and oxygen atoms in total. The van der Waals surface area contributed by atoms with E-state index in [-0.39, 0.29) is 0 Å². The Morgan fingerprint density at radius 3 is 2.75 bits per heavy atom. The summed E-state index contributed by atoms with van der Waals surface area (Å²) in [7, 11) is 3.50. The first-order valence-electron chi connectivity index (χ1n) is 11.6. The maximum absolute atomic E-state index is 11.0. The number of likely N-dealkylation sites (N-methyl/N-ethyl adjacent to an activating group) is 1. The summed E-state index contributed by atoms with van der Waals surface area (Å²) in [5.74, 6) is 1.41. The molecule has 36 heavy (non-hydrogen) atoms. The van der Waals surface area contributed by atoms with Crippen LogP contribution in [0.4, 0.5) is 0 Å². The smallest absolute Gasteiger partial charge is 0.223 e. The van der Waals surface area contributed by atoms with E-state index in [2.05, 4.69) is 46.2 Å². The highest BCUT2D eigenvalue weighted by atomic mass is 32.1. The first-order valence-corrected chi connectivity index (χ1v) is 12.1. The normalized spacial score (nSPS) is 16.5. The molecule has 2 unspecified atom stereocenters. The number of carbonyl (C=O) groups excluding carboxylic acids is 1. The van der Waals surface area contributed by atoms with Crippen LogP contribution in [0, 0.1) is 0 Å². The molecule has 0 saturated carbocycles. The number of aromatic nitrogens is 1. The van der Waals surface area contributed by atoms with E-state index in [1.54, 1.807) is 37.6 Å². The van der Waals surface area contributed by atoms with Crippen molar-refractivity contribution in [2.24, 2.45) is 10.7 Å². The fourth-order valence-corrected chi connectivity index (χ4v) is 3.68. The number of aldehydes is 1. The van der Waals surface area contributed by atoms with Gasteiger partial charge in [-0.15, -0.1) is 12.6 Å². The minimum atomic E-state index is -0.672. The number of pyridine rings is 1. The highest BCUT2D eigenvalue weighted by Crippen LogP contribution is 2.29. The predicted octanol–water partition coefficient (Wildman–Crippen LogP) is 4.33. The summed E-state index contributed by atoms with van der Waals surface area (Å²) in [5.41, 5.74) is 8.95. The van der Waals surface area contributed by atoms with Gasteiger partial charge in [0.05, 0.1) is 18.4 Å². The summed E-state index contributed by atoms with van der Waals surface area (Å²) >= 11 is 4.24. The lowest BCUT2D eigenvalue weighted by Gasteiger charge is -2.26. The van der Waals surface area contributed by atoms with Gasteiger partial charge in [0.2, 0.25) is 11.8 Å². The first-order chi connectivity index (χ1) is 17.4. The average Bonchev–Trinajstić information content (AvgIpc) is 2.88. The van der Waals surface area contributed by atoms with E-state index in [1.807, 2.05) is 45.2 Å². The largest absolute Gasteiger partial charge is 0.481 e. The van der Waals surface area contributed by atoms with Gasteiger partial charge in [-0.25, -0.2) is 9.98 Å². The summed E-state index contributed by atoms with van der Waals surface area (Å²) in [6, 6.07) is 11.0. The third-order valence-corrected chi connectivity index (χ3v) is 5.42. The number of thiol groups is 1. The molecule has 1 aromatic heterocycles. The Kier molecular flexibility index (Phi) is 11.9. The highest BCUT2D eigenvalue weighted by molar-refractivity contribution is 7.84. The number of benzene rings is 1. The van der Waals surface area contributed by atoms with Crippen LogP contribution in [0.25, 0.3) is 5.70 Å². The molecule has 4 N–H and O–H groups in total. The Morgan fingerprint density at radius 2 is 2.11 bits per heavy atom. The van der Waals surface area contributed by atoms with E-state index in [1.165, 1.54) is 0 Å². The van der Waals surface area contributed by atoms with Crippen molar-refractivity contribution in [2.75, 3.05) is 14.2 Å². The molecule has 0 fully saturated rings. The van der Waals surface area contributed by atoms with E-state index >= 15 is 0 Å². The van der Waals surface area contributed by atoms with Crippen LogP contribution < -0.4 is 25.8 Å². The highest BCUT2D eigenvalue weighted by Gasteiger charge is 2.25. The Bertz CT molecular complexity index is 1140. The number of nitrogens with one attached hydrogen (secondary N) is 2. The lowest BCUT2D eigenvalue weighted by atomic mass is 10.0. The van der Waals surface area contributed by atoms with Crippen molar-refractivity contribution in [2.45, 2.75) is 39.5 Å². The Balaban J connectivity index is 0.000000388. The molecular weight excluding hydrogens is 474 g/mol. The number of methoxy groups -OCH3 is 1. The van der Waals surface area contributed by atoms with Crippen LogP contribution in [0.1, 0.15) is 43.1 Å². The standard InChI is InChI=1S/C19H20N4O3.C8H15NS/c1-3-14-16(15-8-5-9-21-17(15)25-2)22-19(20)23-18(14)26-13-7-4-6-12(10-13)11-24;1-4-5-8(10)6-7(2)9-3/h4-11,19,22H,3,20H2,1-2H3;4-7,9-10H,1-3H3/b;5-4-,8-6+. The van der Waals surface area contributed by atoms with Crippen molar-refractivity contribution < 1.29 is 14.3 Å². The maximum atomic E-state index is 11.0. The molecule has 1 aliphatic rings. The number of ether oxygens (including phenoxy) is 2. The molecule has 0 bridgehead atoms. The second-order valence-corrected chi connectivity index (χ2v) is 8.27. The van der Waals surface area contributed by atoms with Crippen LogP contribution >= 0.6 is 12.6 Å². The topological polar surface area (TPSA) is 111 Å². The summed E-state index contributed by atoms with van der Waals surface area (Å²) in [4.78, 5) is 20.6. The maximum Gasteiger partial charge on any atom is 0.223 e. The van der Waals surface area contributed by atoms with Gasteiger partial charge in [0, 0.05) is 28.3 Å². The van der Waals surface area contributed by atoms with Gasteiger partial charge in [-0.2, -0.15) is 0 Å². The third-order valence-electron chi connectivity index (χ3n) is 5.12. The number of nitrogens with two attached hydrogens (primary N) is 1. The summed E-state index contributed by atoms with van der Waals surface area (Å²) in [6.45, 7) is 6.06. The SMILES string of the molecule is C/C=C\C(S)=C/C(C)NC.CCC1=C(c2cccnc2OC)NC(N)N=C1Oc1cccc(C=O)c1. The van der Waals surface area contributed by atoms with Gasteiger partial charge in [0.1, 0.15) is 12.0 Å². The van der Waals surface area contributed by atoms with Gasteiger partial charge >= 0.3 is 0 Å². The fourth-order valence-electron chi connectivity index (χ4n) is 3.31. The third kappa shape index (κ3) is 8.37. The molecule has 192 valence electrons. The molecule has 2 aromatic rings. The van der Waals surface area contributed by atoms with Gasteiger partial charge in [0.25, 0.3) is 0 Å². The molecule has 1 aliphatic heterocycles. The lowest BCUT2D eigenvalue weighted by molar-refractivity contribution is 0.112. The van der Waals surface area contributed by atoms with Crippen molar-refractivity contribution in [1.82, 2.24) is 15.6 Å². The van der Waals surface area contributed by atoms with E-state index in [9.17, 15) is 4.79 Å². The minimum Gasteiger partial charge on any atom is -0.481 e. The predicted molar refractivity (Wildman–Crippen MR) is 149 cm³/mol.